The van der Waals surface area contributed by atoms with Crippen molar-refractivity contribution in [2.75, 3.05) is 39.3 Å². The molecule has 0 saturated heterocycles. The van der Waals surface area contributed by atoms with Crippen molar-refractivity contribution in [1.82, 2.24) is 106 Å². The largest absolute Gasteiger partial charge is 0.508 e. The summed E-state index contributed by atoms with van der Waals surface area (Å²) in [5.74, 6) is -33.0. The van der Waals surface area contributed by atoms with Gasteiger partial charge in [-0.1, -0.05) is 74.5 Å². The Morgan fingerprint density at radius 3 is 1.09 bits per heavy atom. The number of unbranched alkanes of at least 4 members (excludes halogenated alkanes) is 1. The second kappa shape index (κ2) is 62.8. The van der Waals surface area contributed by atoms with E-state index in [1.807, 2.05) is 10.6 Å². The Bertz CT molecular complexity index is 5390. The summed E-state index contributed by atoms with van der Waals surface area (Å²) in [4.78, 5) is 325. The van der Waals surface area contributed by atoms with Gasteiger partial charge in [0.05, 0.1) is 76.1 Å². The number of amides is 19. The van der Waals surface area contributed by atoms with Crippen LogP contribution in [0.2, 0.25) is 0 Å². The normalized spacial score (nSPS) is 15.3. The van der Waals surface area contributed by atoms with Crippen LogP contribution in [0.15, 0.2) is 85.1 Å². The first-order valence-electron chi connectivity index (χ1n) is 47.0. The summed E-state index contributed by atoms with van der Waals surface area (Å²) in [5, 5.41) is 165. The number of aromatic amines is 1. The van der Waals surface area contributed by atoms with E-state index >= 15 is 0 Å². The van der Waals surface area contributed by atoms with Gasteiger partial charge in [-0.15, -0.1) is 0 Å². The summed E-state index contributed by atoms with van der Waals surface area (Å²) in [6.07, 6.45) is -14.8. The molecule has 0 radical (unpaired) electrons. The molecule has 0 aliphatic carbocycles. The van der Waals surface area contributed by atoms with Crippen molar-refractivity contribution >= 4 is 153 Å². The van der Waals surface area contributed by atoms with Crippen LogP contribution in [0.1, 0.15) is 130 Å². The van der Waals surface area contributed by atoms with E-state index in [-0.39, 0.29) is 43.5 Å². The van der Waals surface area contributed by atoms with Crippen molar-refractivity contribution in [1.29, 1.82) is 0 Å². The Morgan fingerprint density at radius 2 is 0.653 bits per heavy atom. The predicted molar refractivity (Wildman–Crippen MR) is 518 cm³/mol. The van der Waals surface area contributed by atoms with Crippen molar-refractivity contribution in [2.24, 2.45) is 17.4 Å². The number of phenolic OH excluding ortho intramolecular Hbond substituents is 1. The van der Waals surface area contributed by atoms with Gasteiger partial charge in [0.15, 0.2) is 0 Å². The first-order chi connectivity index (χ1) is 70.5. The molecule has 0 aliphatic rings. The maximum absolute atomic E-state index is 14.6. The van der Waals surface area contributed by atoms with E-state index in [0.717, 1.165) is 53.7 Å². The van der Waals surface area contributed by atoms with Gasteiger partial charge in [-0.2, -0.15) is 0 Å². The number of aromatic hydroxyl groups is 1. The molecule has 4 aromatic rings. The monoisotopic (exact) mass is 2120 g/mol. The van der Waals surface area contributed by atoms with E-state index in [1.165, 1.54) is 56.4 Å². The maximum atomic E-state index is 14.6. The number of aliphatic hydroxyl groups excluding tert-OH is 6. The van der Waals surface area contributed by atoms with Crippen molar-refractivity contribution < 1.29 is 176 Å². The number of carboxylic acids is 5. The lowest BCUT2D eigenvalue weighted by Crippen LogP contribution is -2.64. The molecule has 0 saturated carbocycles. The molecule has 58 nitrogen and oxygen atoms in total. The zero-order chi connectivity index (χ0) is 113. The third-order valence-electron chi connectivity index (χ3n) is 22.5. The zero-order valence-electron chi connectivity index (χ0n) is 82.8. The second-order valence-corrected chi connectivity index (χ2v) is 35.2. The number of para-hydroxylation sites is 1. The fourth-order valence-electron chi connectivity index (χ4n) is 14.3. The topological polar surface area (TPSA) is 949 Å². The Balaban J connectivity index is 1.54. The average Bonchev–Trinajstić information content (AvgIpc) is 1.67. The Hall–Kier alpha value is -16.0. The number of aliphatic carboxylic acids is 5. The number of carbonyl (C=O) groups excluding carboxylic acids is 19. The third kappa shape index (κ3) is 43.6. The molecular weight excluding hydrogens is 1990 g/mol. The molecule has 19 amide bonds. The van der Waals surface area contributed by atoms with Crippen molar-refractivity contribution in [3.8, 4) is 5.75 Å². The van der Waals surface area contributed by atoms with Crippen LogP contribution in [0.3, 0.4) is 0 Å². The molecule has 0 unspecified atom stereocenters. The second-order valence-electron chi connectivity index (χ2n) is 35.2. The molecule has 4 rings (SSSR count). The van der Waals surface area contributed by atoms with E-state index in [4.69, 9.17) is 21.7 Å². The Labute approximate surface area is 855 Å². The van der Waals surface area contributed by atoms with Gasteiger partial charge in [-0.05, 0) is 121 Å². The molecular formula is C92H132N22O36. The van der Waals surface area contributed by atoms with Crippen LogP contribution in [0, 0.1) is 5.92 Å². The highest BCUT2D eigenvalue weighted by Crippen LogP contribution is 2.22. The molecule has 36 N–H and O–H groups in total. The lowest BCUT2D eigenvalue weighted by Gasteiger charge is -2.30. The molecule has 0 aliphatic heterocycles. The number of nitrogens with one attached hydrogen (secondary N) is 20. The molecule has 0 fully saturated rings. The molecule has 21 atom stereocenters. The molecule has 150 heavy (non-hydrogen) atoms. The SMILES string of the molecule is CC(C)[C@H](NC(=O)[C@@H](NC(=O)[C@H](Cc1ccccc1)NC(=O)[C@@H](NC(=O)[C@H](CCCCN)NC(=O)[C@@H](NC(=O)[C@H](C)NC(=O)[C@H](CC(=O)O)NC(=O)[C@H](CC(=O)O)NC(=O)[C@H](Cc1ccc(O)cc1)NC(=O)[C@@H](NC(=O)[C@H](Cc1c[nH]c2ccccc12)NC(=O)[C@H](CCC(=O)O)NC(=O)CN)[C@@H](C)O)[C@@H](C)O)[C@@H](C)O)[C@@H](C)O)C(=O)N[C@H](C(=O)N[C@@H](CCC(=O)O)C(=O)NCC(=O)NCC(=O)NCC(=O)N[C@@H](CO)C(=O)O)[C@@H](C)O. The number of fused-ring (bicyclic) bond motifs is 1. The number of aliphatic hydroxyl groups is 6. The molecule has 826 valence electrons. The number of aromatic nitrogens is 1. The molecule has 1 aromatic heterocycles. The summed E-state index contributed by atoms with van der Waals surface area (Å²) < 4.78 is 0. The predicted octanol–water partition coefficient (Wildman–Crippen LogP) is -12.6. The van der Waals surface area contributed by atoms with E-state index in [2.05, 4.69) is 95.4 Å². The van der Waals surface area contributed by atoms with Crippen LogP contribution < -0.4 is 112 Å². The summed E-state index contributed by atoms with van der Waals surface area (Å²) in [6.45, 7) is 4.69. The van der Waals surface area contributed by atoms with Gasteiger partial charge in [0.2, 0.25) is 112 Å². The fourth-order valence-corrected chi connectivity index (χ4v) is 14.3. The Morgan fingerprint density at radius 1 is 0.313 bits per heavy atom. The molecule has 1 heterocycles. The highest BCUT2D eigenvalue weighted by molar-refractivity contribution is 6.03. The first kappa shape index (κ1) is 126. The fraction of sp³-hybridized carbons (Fsp3) is 0.522. The average molecular weight is 2120 g/mol. The summed E-state index contributed by atoms with van der Waals surface area (Å²) in [7, 11) is 0. The zero-order valence-corrected chi connectivity index (χ0v) is 82.8. The van der Waals surface area contributed by atoms with Gasteiger partial charge in [0, 0.05) is 49.2 Å². The number of carboxylic acid groups (broad SMARTS) is 5. The highest BCUT2D eigenvalue weighted by Gasteiger charge is 2.43. The smallest absolute Gasteiger partial charge is 0.328 e. The number of benzene rings is 3. The summed E-state index contributed by atoms with van der Waals surface area (Å²) >= 11 is 0. The van der Waals surface area contributed by atoms with Crippen molar-refractivity contribution in [2.45, 2.75) is 260 Å². The van der Waals surface area contributed by atoms with E-state index < -0.39 is 359 Å². The van der Waals surface area contributed by atoms with Gasteiger partial charge in [-0.3, -0.25) is 110 Å². The molecule has 0 spiro atoms. The molecule has 0 bridgehead atoms. The quantitative estimate of drug-likeness (QED) is 0.0183. The van der Waals surface area contributed by atoms with Crippen LogP contribution in [0.4, 0.5) is 0 Å². The standard InChI is InChI=1S/C92H132N22O36/c1-41(2)71(86(143)114-75(46(7)119)88(145)103-55(25-27-67(126)127)78(135)98-38-65(124)96-37-64(123)97-39-66(125)101-62(40-115)92(149)150)109-91(148)76(47(8)120)113-84(141)58(30-48-16-10-9-11-17-48)108-89(146)73(44(5)117)111-80(137)54(20-14-15-29-93)102-87(144)72(43(4)116)110-77(134)42(3)99-81(138)60(33-69(130)131)105-83(140)61(34-70(132)133)106-82(139)57(31-49-21-23-51(121)24-22-49)107-90(147)74(45(6)118)112-85(142)59(32-50-36-95-53-19-13-12-18-52(50)53)104-79(136)56(26-28-68(128)129)100-63(122)35-94/h9-13,16-19,21-24,36,41-47,54-62,71-76,95,115-121H,14-15,20,25-35,37-40,93-94H2,1-8H3,(H,96,124)(H,97,123)(H,98,135)(H,99,138)(H,100,122)(H,101,125)(H,102,144)(H,103,145)(H,104,136)(H,105,140)(H,106,139)(H,107,147)(H,108,146)(H,109,148)(H,110,134)(H,111,137)(H,112,142)(H,113,141)(H,114,143)(H,126,127)(H,128,129)(H,130,131)(H,132,133)(H,149,150)/t42-,43+,44+,45+,46+,47+,54-,55-,56-,57-,58-,59-,60-,61-,62-,71-,72-,73-,74-,75-,76-/m0/s1. The van der Waals surface area contributed by atoms with Crippen molar-refractivity contribution in [3.63, 3.8) is 0 Å². The van der Waals surface area contributed by atoms with Gasteiger partial charge < -0.3 is 179 Å². The number of nitrogens with two attached hydrogens (primary N) is 2. The van der Waals surface area contributed by atoms with Gasteiger partial charge in [0.25, 0.3) is 0 Å². The molecule has 58 heteroatoms. The first-order valence-corrected chi connectivity index (χ1v) is 47.0. The van der Waals surface area contributed by atoms with E-state index in [0.29, 0.717) is 22.0 Å². The summed E-state index contributed by atoms with van der Waals surface area (Å²) in [6, 6.07) is -11.7. The Kier molecular flexibility index (Phi) is 52.9. The van der Waals surface area contributed by atoms with Crippen LogP contribution >= 0.6 is 0 Å². The van der Waals surface area contributed by atoms with Crippen molar-refractivity contribution in [3.05, 3.63) is 102 Å². The lowest BCUT2D eigenvalue weighted by atomic mass is 10.00. The number of carbonyl (C=O) groups is 24. The van der Waals surface area contributed by atoms with Crippen LogP contribution in [-0.4, -0.2) is 375 Å². The van der Waals surface area contributed by atoms with Crippen LogP contribution in [0.5, 0.6) is 5.75 Å². The van der Waals surface area contributed by atoms with Gasteiger partial charge >= 0.3 is 29.8 Å². The minimum absolute atomic E-state index is 0.00538. The van der Waals surface area contributed by atoms with Crippen LogP contribution in [0.25, 0.3) is 10.9 Å². The minimum Gasteiger partial charge on any atom is -0.508 e. The number of hydrogen-bond acceptors (Lipinski definition) is 33. The van der Waals surface area contributed by atoms with Gasteiger partial charge in [0.1, 0.15) is 102 Å². The maximum Gasteiger partial charge on any atom is 0.328 e. The summed E-state index contributed by atoms with van der Waals surface area (Å²) in [5.41, 5.74) is 12.7. The number of rotatable bonds is 66. The minimum atomic E-state index is -2.31. The van der Waals surface area contributed by atoms with Crippen LogP contribution in [-0.2, 0) is 134 Å². The number of phenols is 1. The van der Waals surface area contributed by atoms with E-state index in [1.54, 1.807) is 30.3 Å². The number of hydrogen-bond donors (Lipinski definition) is 34. The molecule has 3 aromatic carbocycles. The third-order valence-corrected chi connectivity index (χ3v) is 22.5. The van der Waals surface area contributed by atoms with Gasteiger partial charge in [-0.25, -0.2) is 4.79 Å². The number of H-pyrrole nitrogens is 1. The van der Waals surface area contributed by atoms with E-state index in [9.17, 15) is 166 Å². The lowest BCUT2D eigenvalue weighted by molar-refractivity contribution is -0.143. The highest BCUT2D eigenvalue weighted by atomic mass is 16.4.